The van der Waals surface area contributed by atoms with Crippen LogP contribution >= 0.6 is 0 Å². The van der Waals surface area contributed by atoms with Crippen LogP contribution in [0, 0.1) is 0 Å². The van der Waals surface area contributed by atoms with Gasteiger partial charge in [-0.05, 0) is 37.8 Å². The number of hydrogen-bond donors (Lipinski definition) is 0. The van der Waals surface area contributed by atoms with Crippen molar-refractivity contribution in [2.45, 2.75) is 37.8 Å². The Morgan fingerprint density at radius 1 is 1.28 bits per heavy atom. The Balaban J connectivity index is 1.72. The second-order valence-electron chi connectivity index (χ2n) is 6.60. The topological polar surface area (TPSA) is 72.2 Å². The summed E-state index contributed by atoms with van der Waals surface area (Å²) >= 11 is 0. The zero-order valence-corrected chi connectivity index (χ0v) is 14.7. The minimum atomic E-state index is -0.110. The molecule has 0 spiro atoms. The predicted molar refractivity (Wildman–Crippen MR) is 90.2 cm³/mol. The highest BCUT2D eigenvalue weighted by Crippen LogP contribution is 2.24. The Bertz CT molecular complexity index is 568. The molecule has 0 aromatic carbocycles. The van der Waals surface area contributed by atoms with Gasteiger partial charge >= 0.3 is 0 Å². The molecule has 2 saturated heterocycles. The molecule has 3 heterocycles. The molecule has 0 aliphatic carbocycles. The molecule has 138 valence electrons. The van der Waals surface area contributed by atoms with E-state index < -0.39 is 0 Å². The van der Waals surface area contributed by atoms with Crippen LogP contribution in [-0.4, -0.2) is 73.7 Å². The van der Waals surface area contributed by atoms with Crippen molar-refractivity contribution in [2.24, 2.45) is 0 Å². The SMILES string of the molecule is COCC(=O)N(C1CCOCC1)C1CCCN(C(=O)c2ccco2)C1. The molecule has 0 N–H and O–H groups in total. The number of methoxy groups -OCH3 is 1. The Hall–Kier alpha value is -1.86. The zero-order chi connectivity index (χ0) is 17.6. The molecule has 2 fully saturated rings. The minimum absolute atomic E-state index is 0.00769. The summed E-state index contributed by atoms with van der Waals surface area (Å²) in [7, 11) is 1.54. The smallest absolute Gasteiger partial charge is 0.289 e. The lowest BCUT2D eigenvalue weighted by molar-refractivity contribution is -0.143. The van der Waals surface area contributed by atoms with Crippen LogP contribution in [0.25, 0.3) is 0 Å². The van der Waals surface area contributed by atoms with E-state index in [2.05, 4.69) is 0 Å². The van der Waals surface area contributed by atoms with Crippen LogP contribution in [0.2, 0.25) is 0 Å². The maximum atomic E-state index is 12.7. The number of rotatable bonds is 5. The maximum absolute atomic E-state index is 12.7. The third-order valence-corrected chi connectivity index (χ3v) is 4.95. The van der Waals surface area contributed by atoms with Crippen molar-refractivity contribution in [3.8, 4) is 0 Å². The summed E-state index contributed by atoms with van der Waals surface area (Å²) in [4.78, 5) is 29.0. The van der Waals surface area contributed by atoms with Gasteiger partial charge in [-0.3, -0.25) is 9.59 Å². The predicted octanol–water partition coefficient (Wildman–Crippen LogP) is 1.54. The monoisotopic (exact) mass is 350 g/mol. The summed E-state index contributed by atoms with van der Waals surface area (Å²) in [5, 5.41) is 0. The molecule has 25 heavy (non-hydrogen) atoms. The molecule has 1 unspecified atom stereocenters. The molecule has 2 amide bonds. The number of carbonyl (C=O) groups is 2. The molecular formula is C18H26N2O5. The fraction of sp³-hybridized carbons (Fsp3) is 0.667. The zero-order valence-electron chi connectivity index (χ0n) is 14.7. The van der Waals surface area contributed by atoms with E-state index in [0.717, 1.165) is 25.7 Å². The standard InChI is InChI=1S/C18H26N2O5/c1-23-13-17(21)20(14-6-10-24-11-7-14)15-4-2-8-19(12-15)18(22)16-5-3-9-25-16/h3,5,9,14-15H,2,4,6-8,10-13H2,1H3. The lowest BCUT2D eigenvalue weighted by atomic mass is 9.98. The number of piperidine rings is 1. The number of ether oxygens (including phenoxy) is 2. The molecule has 3 rings (SSSR count). The van der Waals surface area contributed by atoms with Gasteiger partial charge < -0.3 is 23.7 Å². The fourth-order valence-electron chi connectivity index (χ4n) is 3.79. The van der Waals surface area contributed by atoms with Gasteiger partial charge in [-0.2, -0.15) is 0 Å². The first kappa shape index (κ1) is 17.9. The van der Waals surface area contributed by atoms with Crippen molar-refractivity contribution < 1.29 is 23.5 Å². The lowest BCUT2D eigenvalue weighted by Gasteiger charge is -2.44. The van der Waals surface area contributed by atoms with Crippen LogP contribution in [0.15, 0.2) is 22.8 Å². The molecule has 1 aromatic rings. The fourth-order valence-corrected chi connectivity index (χ4v) is 3.79. The summed E-state index contributed by atoms with van der Waals surface area (Å²) in [5.74, 6) is 0.231. The van der Waals surface area contributed by atoms with Gasteiger partial charge in [0.25, 0.3) is 5.91 Å². The summed E-state index contributed by atoms with van der Waals surface area (Å²) in [6, 6.07) is 3.56. The van der Waals surface area contributed by atoms with E-state index >= 15 is 0 Å². The van der Waals surface area contributed by atoms with E-state index in [1.807, 2.05) is 4.90 Å². The third-order valence-electron chi connectivity index (χ3n) is 4.95. The second-order valence-corrected chi connectivity index (χ2v) is 6.60. The van der Waals surface area contributed by atoms with E-state index in [-0.39, 0.29) is 30.5 Å². The molecule has 7 heteroatoms. The number of amides is 2. The van der Waals surface area contributed by atoms with Crippen molar-refractivity contribution in [1.82, 2.24) is 9.80 Å². The number of nitrogens with zero attached hydrogens (tertiary/aromatic N) is 2. The highest BCUT2D eigenvalue weighted by Gasteiger charge is 2.36. The molecule has 1 aromatic heterocycles. The van der Waals surface area contributed by atoms with Gasteiger partial charge in [0, 0.05) is 45.5 Å². The van der Waals surface area contributed by atoms with Crippen molar-refractivity contribution in [2.75, 3.05) is 40.0 Å². The van der Waals surface area contributed by atoms with Gasteiger partial charge in [0.1, 0.15) is 6.61 Å². The van der Waals surface area contributed by atoms with E-state index in [4.69, 9.17) is 13.9 Å². The first-order valence-corrected chi connectivity index (χ1v) is 8.91. The molecule has 0 radical (unpaired) electrons. The highest BCUT2D eigenvalue weighted by atomic mass is 16.5. The summed E-state index contributed by atoms with van der Waals surface area (Å²) in [6.07, 6.45) is 4.94. The van der Waals surface area contributed by atoms with Crippen LogP contribution in [0.3, 0.4) is 0 Å². The maximum Gasteiger partial charge on any atom is 0.289 e. The van der Waals surface area contributed by atoms with Gasteiger partial charge in [0.2, 0.25) is 5.91 Å². The molecule has 0 saturated carbocycles. The van der Waals surface area contributed by atoms with Gasteiger partial charge in [0.15, 0.2) is 5.76 Å². The van der Waals surface area contributed by atoms with Gasteiger partial charge in [0.05, 0.1) is 6.26 Å². The Morgan fingerprint density at radius 3 is 2.76 bits per heavy atom. The largest absolute Gasteiger partial charge is 0.459 e. The molecule has 0 bridgehead atoms. The second kappa shape index (κ2) is 8.49. The molecule has 2 aliphatic rings. The quantitative estimate of drug-likeness (QED) is 0.805. The molecular weight excluding hydrogens is 324 g/mol. The normalized spacial score (nSPS) is 22.0. The van der Waals surface area contributed by atoms with Crippen LogP contribution in [-0.2, 0) is 14.3 Å². The van der Waals surface area contributed by atoms with Crippen molar-refractivity contribution in [1.29, 1.82) is 0 Å². The van der Waals surface area contributed by atoms with Gasteiger partial charge in [-0.25, -0.2) is 0 Å². The van der Waals surface area contributed by atoms with Crippen LogP contribution in [0.4, 0.5) is 0 Å². The Labute approximate surface area is 147 Å². The van der Waals surface area contributed by atoms with Crippen molar-refractivity contribution >= 4 is 11.8 Å². The van der Waals surface area contributed by atoms with Crippen LogP contribution in [0.5, 0.6) is 0 Å². The lowest BCUT2D eigenvalue weighted by Crippen LogP contribution is -2.56. The van der Waals surface area contributed by atoms with E-state index in [1.54, 1.807) is 17.0 Å². The van der Waals surface area contributed by atoms with Crippen molar-refractivity contribution in [3.05, 3.63) is 24.2 Å². The number of likely N-dealkylation sites (tertiary alicyclic amines) is 1. The summed E-state index contributed by atoms with van der Waals surface area (Å²) in [6.45, 7) is 2.63. The van der Waals surface area contributed by atoms with Gasteiger partial charge in [-0.15, -0.1) is 0 Å². The minimum Gasteiger partial charge on any atom is -0.459 e. The highest BCUT2D eigenvalue weighted by molar-refractivity contribution is 5.91. The Kier molecular flexibility index (Phi) is 6.09. The average Bonchev–Trinajstić information content (AvgIpc) is 3.17. The summed E-state index contributed by atoms with van der Waals surface area (Å²) < 4.78 is 15.8. The summed E-state index contributed by atoms with van der Waals surface area (Å²) in [5.41, 5.74) is 0. The average molecular weight is 350 g/mol. The van der Waals surface area contributed by atoms with Crippen LogP contribution in [0.1, 0.15) is 36.2 Å². The van der Waals surface area contributed by atoms with Crippen LogP contribution < -0.4 is 0 Å². The first-order chi connectivity index (χ1) is 12.2. The number of furan rings is 1. The molecule has 1 atom stereocenters. The van der Waals surface area contributed by atoms with E-state index in [9.17, 15) is 9.59 Å². The first-order valence-electron chi connectivity index (χ1n) is 8.91. The third kappa shape index (κ3) is 4.22. The molecule has 2 aliphatic heterocycles. The Morgan fingerprint density at radius 2 is 2.08 bits per heavy atom. The van der Waals surface area contributed by atoms with Crippen molar-refractivity contribution in [3.63, 3.8) is 0 Å². The number of hydrogen-bond acceptors (Lipinski definition) is 5. The number of carbonyl (C=O) groups excluding carboxylic acids is 2. The van der Waals surface area contributed by atoms with E-state index in [0.29, 0.717) is 32.1 Å². The molecule has 7 nitrogen and oxygen atoms in total. The van der Waals surface area contributed by atoms with E-state index in [1.165, 1.54) is 13.4 Å². The van der Waals surface area contributed by atoms with Gasteiger partial charge in [-0.1, -0.05) is 0 Å².